The van der Waals surface area contributed by atoms with Crippen molar-refractivity contribution in [2.24, 2.45) is 0 Å². The smallest absolute Gasteiger partial charge is 0.157 e. The van der Waals surface area contributed by atoms with E-state index in [0.717, 1.165) is 19.3 Å². The van der Waals surface area contributed by atoms with Gasteiger partial charge in [-0.2, -0.15) is 5.26 Å². The quantitative estimate of drug-likeness (QED) is 0.797. The van der Waals surface area contributed by atoms with Crippen LogP contribution >= 0.6 is 0 Å². The van der Waals surface area contributed by atoms with Crippen LogP contribution in [-0.2, 0) is 21.3 Å². The van der Waals surface area contributed by atoms with Crippen LogP contribution in [0.1, 0.15) is 24.0 Å². The fourth-order valence-electron chi connectivity index (χ4n) is 2.77. The van der Waals surface area contributed by atoms with Crippen molar-refractivity contribution in [3.8, 4) is 6.07 Å². The second-order valence-corrected chi connectivity index (χ2v) is 4.74. The second kappa shape index (κ2) is 4.14. The summed E-state index contributed by atoms with van der Waals surface area (Å²) < 4.78 is 10.8. The molecule has 3 nitrogen and oxygen atoms in total. The third kappa shape index (κ3) is 1.74. The molecule has 1 heterocycles. The molecule has 0 radical (unpaired) electrons. The van der Waals surface area contributed by atoms with Gasteiger partial charge < -0.3 is 9.47 Å². The van der Waals surface area contributed by atoms with Crippen molar-refractivity contribution in [3.05, 3.63) is 35.4 Å². The molecule has 1 aliphatic carbocycles. The predicted molar refractivity (Wildman–Crippen MR) is 62.4 cm³/mol. The summed E-state index contributed by atoms with van der Waals surface area (Å²) in [7, 11) is 0. The number of ether oxygens (including phenoxy) is 2. The van der Waals surface area contributed by atoms with Crippen molar-refractivity contribution >= 4 is 0 Å². The van der Waals surface area contributed by atoms with E-state index in [2.05, 4.69) is 18.2 Å². The highest BCUT2D eigenvalue weighted by Gasteiger charge is 2.43. The van der Waals surface area contributed by atoms with E-state index in [-0.39, 0.29) is 11.7 Å². The number of hydrogen-bond acceptors (Lipinski definition) is 3. The Labute approximate surface area is 101 Å². The van der Waals surface area contributed by atoms with E-state index in [0.29, 0.717) is 13.2 Å². The van der Waals surface area contributed by atoms with Crippen LogP contribution in [0.5, 0.6) is 0 Å². The van der Waals surface area contributed by atoms with Crippen LogP contribution in [0, 0.1) is 11.3 Å². The summed E-state index contributed by atoms with van der Waals surface area (Å²) >= 11 is 0. The van der Waals surface area contributed by atoms with Crippen LogP contribution in [0.25, 0.3) is 0 Å². The van der Waals surface area contributed by atoms with Crippen LogP contribution in [0.4, 0.5) is 0 Å². The van der Waals surface area contributed by atoms with Crippen LogP contribution in [0.3, 0.4) is 0 Å². The van der Waals surface area contributed by atoms with Crippen molar-refractivity contribution < 1.29 is 9.47 Å². The molecule has 0 bridgehead atoms. The van der Waals surface area contributed by atoms with E-state index in [1.807, 2.05) is 12.1 Å². The molecule has 0 amide bonds. The Bertz CT molecular complexity index is 460. The molecule has 1 unspecified atom stereocenters. The van der Waals surface area contributed by atoms with Gasteiger partial charge in [-0.1, -0.05) is 24.3 Å². The van der Waals surface area contributed by atoms with Gasteiger partial charge in [0.25, 0.3) is 0 Å². The fraction of sp³-hybridized carbons (Fsp3) is 0.500. The SMILES string of the molecule is N#CC1(CCC2OCCO2)Cc2ccccc21. The van der Waals surface area contributed by atoms with E-state index in [9.17, 15) is 5.26 Å². The molecule has 3 heteroatoms. The third-order valence-corrected chi connectivity index (χ3v) is 3.74. The standard InChI is InChI=1S/C14H15NO2/c15-10-14(6-5-13-16-7-8-17-13)9-11-3-1-2-4-12(11)14/h1-4,13H,5-9H2. The molecule has 0 saturated carbocycles. The molecule has 0 spiro atoms. The summed E-state index contributed by atoms with van der Waals surface area (Å²) in [6.07, 6.45) is 2.40. The van der Waals surface area contributed by atoms with E-state index in [4.69, 9.17) is 9.47 Å². The minimum atomic E-state index is -0.300. The molecule has 0 N–H and O–H groups in total. The summed E-state index contributed by atoms with van der Waals surface area (Å²) in [6, 6.07) is 10.7. The lowest BCUT2D eigenvalue weighted by Crippen LogP contribution is -2.38. The minimum absolute atomic E-state index is 0.104. The number of nitrogens with zero attached hydrogens (tertiary/aromatic N) is 1. The lowest BCUT2D eigenvalue weighted by molar-refractivity contribution is -0.0505. The first-order chi connectivity index (χ1) is 8.34. The minimum Gasteiger partial charge on any atom is -0.350 e. The van der Waals surface area contributed by atoms with E-state index in [1.54, 1.807) is 0 Å². The maximum atomic E-state index is 9.43. The first kappa shape index (κ1) is 10.8. The van der Waals surface area contributed by atoms with Gasteiger partial charge in [-0.15, -0.1) is 0 Å². The van der Waals surface area contributed by atoms with Gasteiger partial charge in [0.2, 0.25) is 0 Å². The average molecular weight is 229 g/mol. The van der Waals surface area contributed by atoms with Crippen LogP contribution < -0.4 is 0 Å². The van der Waals surface area contributed by atoms with Gasteiger partial charge in [0.1, 0.15) is 0 Å². The Kier molecular flexibility index (Phi) is 2.62. The summed E-state index contributed by atoms with van der Waals surface area (Å²) in [5.41, 5.74) is 2.20. The van der Waals surface area contributed by atoms with Crippen molar-refractivity contribution in [1.29, 1.82) is 5.26 Å². The Morgan fingerprint density at radius 1 is 1.29 bits per heavy atom. The Morgan fingerprint density at radius 2 is 2.06 bits per heavy atom. The highest BCUT2D eigenvalue weighted by atomic mass is 16.7. The van der Waals surface area contributed by atoms with Gasteiger partial charge in [-0.05, 0) is 24.0 Å². The zero-order valence-corrected chi connectivity index (χ0v) is 9.69. The number of benzene rings is 1. The predicted octanol–water partition coefficient (Wildman–Crippen LogP) is 2.16. The number of rotatable bonds is 3. The molecule has 1 aromatic rings. The highest BCUT2D eigenvalue weighted by molar-refractivity contribution is 5.49. The fourth-order valence-corrected chi connectivity index (χ4v) is 2.77. The van der Waals surface area contributed by atoms with Crippen molar-refractivity contribution in [3.63, 3.8) is 0 Å². The average Bonchev–Trinajstić information content (AvgIpc) is 2.84. The second-order valence-electron chi connectivity index (χ2n) is 4.74. The number of nitriles is 1. The molecule has 1 aliphatic heterocycles. The van der Waals surface area contributed by atoms with E-state index < -0.39 is 0 Å². The Balaban J connectivity index is 1.71. The van der Waals surface area contributed by atoms with Gasteiger partial charge in [0.05, 0.1) is 24.7 Å². The molecule has 0 aromatic heterocycles. The first-order valence-electron chi connectivity index (χ1n) is 6.07. The normalized spacial score (nSPS) is 27.2. The first-order valence-corrected chi connectivity index (χ1v) is 6.07. The maximum absolute atomic E-state index is 9.43. The van der Waals surface area contributed by atoms with Gasteiger partial charge >= 0.3 is 0 Å². The van der Waals surface area contributed by atoms with Crippen LogP contribution in [-0.4, -0.2) is 19.5 Å². The van der Waals surface area contributed by atoms with Crippen molar-refractivity contribution in [2.45, 2.75) is 31.0 Å². The zero-order chi connectivity index (χ0) is 11.7. The zero-order valence-electron chi connectivity index (χ0n) is 9.69. The van der Waals surface area contributed by atoms with E-state index in [1.165, 1.54) is 11.1 Å². The Hall–Kier alpha value is -1.37. The molecular weight excluding hydrogens is 214 g/mol. The molecule has 1 atom stereocenters. The van der Waals surface area contributed by atoms with Crippen molar-refractivity contribution in [2.75, 3.05) is 13.2 Å². The molecule has 3 rings (SSSR count). The van der Waals surface area contributed by atoms with Crippen molar-refractivity contribution in [1.82, 2.24) is 0 Å². The molecular formula is C14H15NO2. The van der Waals surface area contributed by atoms with Gasteiger partial charge in [0, 0.05) is 6.42 Å². The molecule has 1 fully saturated rings. The Morgan fingerprint density at radius 3 is 2.76 bits per heavy atom. The number of hydrogen-bond donors (Lipinski definition) is 0. The maximum Gasteiger partial charge on any atom is 0.157 e. The summed E-state index contributed by atoms with van der Waals surface area (Å²) in [6.45, 7) is 1.36. The monoisotopic (exact) mass is 229 g/mol. The van der Waals surface area contributed by atoms with Crippen LogP contribution in [0.15, 0.2) is 24.3 Å². The number of fused-ring (bicyclic) bond motifs is 1. The largest absolute Gasteiger partial charge is 0.350 e. The topological polar surface area (TPSA) is 42.2 Å². The lowest BCUT2D eigenvalue weighted by Gasteiger charge is -2.38. The lowest BCUT2D eigenvalue weighted by atomic mass is 9.62. The summed E-state index contributed by atoms with van der Waals surface area (Å²) in [5.74, 6) is 0. The molecule has 1 saturated heterocycles. The molecule has 2 aliphatic rings. The van der Waals surface area contributed by atoms with Gasteiger partial charge in [0.15, 0.2) is 6.29 Å². The van der Waals surface area contributed by atoms with E-state index >= 15 is 0 Å². The van der Waals surface area contributed by atoms with Crippen LogP contribution in [0.2, 0.25) is 0 Å². The highest BCUT2D eigenvalue weighted by Crippen LogP contribution is 2.44. The molecule has 88 valence electrons. The molecule has 1 aromatic carbocycles. The third-order valence-electron chi connectivity index (χ3n) is 3.74. The summed E-state index contributed by atoms with van der Waals surface area (Å²) in [4.78, 5) is 0. The molecule has 17 heavy (non-hydrogen) atoms. The summed E-state index contributed by atoms with van der Waals surface area (Å²) in [5, 5.41) is 9.43. The van der Waals surface area contributed by atoms with Gasteiger partial charge in [-0.3, -0.25) is 0 Å². The van der Waals surface area contributed by atoms with Gasteiger partial charge in [-0.25, -0.2) is 0 Å².